The lowest BCUT2D eigenvalue weighted by atomic mass is 10.1. The average Bonchev–Trinajstić information content (AvgIpc) is 3.22. The molecule has 8 heteroatoms. The second-order valence-corrected chi connectivity index (χ2v) is 5.95. The largest absolute Gasteiger partial charge is 0.504 e. The molecule has 0 aliphatic rings. The van der Waals surface area contributed by atoms with Crippen LogP contribution in [0.1, 0.15) is 29.9 Å². The molecule has 0 aliphatic heterocycles. The number of carbonyl (C=O) groups is 1. The summed E-state index contributed by atoms with van der Waals surface area (Å²) < 4.78 is 10.7. The first-order valence-electron chi connectivity index (χ1n) is 9.19. The highest BCUT2D eigenvalue weighted by atomic mass is 16.5. The zero-order valence-corrected chi connectivity index (χ0v) is 16.2. The maximum absolute atomic E-state index is 12.3. The minimum atomic E-state index is -0.452. The molecule has 1 heterocycles. The van der Waals surface area contributed by atoms with Crippen LogP contribution in [0.3, 0.4) is 0 Å². The molecule has 2 aromatic carbocycles. The van der Waals surface area contributed by atoms with Crippen LogP contribution < -0.4 is 14.9 Å². The molecule has 3 aromatic rings. The molecule has 0 aliphatic carbocycles. The summed E-state index contributed by atoms with van der Waals surface area (Å²) in [6, 6.07) is 14.1. The van der Waals surface area contributed by atoms with Crippen molar-refractivity contribution in [2.24, 2.45) is 5.10 Å². The van der Waals surface area contributed by atoms with Gasteiger partial charge >= 0.3 is 0 Å². The lowest BCUT2D eigenvalue weighted by Crippen LogP contribution is -2.18. The Hall–Kier alpha value is -3.81. The number of rotatable bonds is 8. The lowest BCUT2D eigenvalue weighted by molar-refractivity contribution is 0.0950. The fraction of sp³-hybridized carbons (Fsp3) is 0.190. The highest BCUT2D eigenvalue weighted by molar-refractivity contribution is 5.94. The Morgan fingerprint density at radius 1 is 1.17 bits per heavy atom. The third-order valence-electron chi connectivity index (χ3n) is 3.98. The molecule has 8 nitrogen and oxygen atoms in total. The van der Waals surface area contributed by atoms with Gasteiger partial charge in [0.15, 0.2) is 11.5 Å². The second-order valence-electron chi connectivity index (χ2n) is 5.95. The Labute approximate surface area is 168 Å². The fourth-order valence-corrected chi connectivity index (χ4v) is 2.61. The van der Waals surface area contributed by atoms with E-state index < -0.39 is 5.91 Å². The number of nitrogens with zero attached hydrogens (tertiary/aromatic N) is 2. The predicted octanol–water partition coefficient (Wildman–Crippen LogP) is 3.34. The lowest BCUT2D eigenvalue weighted by Gasteiger charge is -2.07. The van der Waals surface area contributed by atoms with Gasteiger partial charge in [-0.3, -0.25) is 9.89 Å². The number of phenols is 1. The number of hydrogen-bond donors (Lipinski definition) is 3. The summed E-state index contributed by atoms with van der Waals surface area (Å²) in [7, 11) is 0. The number of amides is 1. The average molecular weight is 394 g/mol. The van der Waals surface area contributed by atoms with Crippen molar-refractivity contribution in [3.8, 4) is 28.5 Å². The Bertz CT molecular complexity index is 996. The van der Waals surface area contributed by atoms with Gasteiger partial charge in [-0.1, -0.05) is 6.07 Å². The minimum Gasteiger partial charge on any atom is -0.504 e. The van der Waals surface area contributed by atoms with Crippen molar-refractivity contribution in [3.05, 3.63) is 59.8 Å². The van der Waals surface area contributed by atoms with Gasteiger partial charge in [-0.05, 0) is 56.3 Å². The van der Waals surface area contributed by atoms with Crippen molar-refractivity contribution in [1.29, 1.82) is 0 Å². The van der Waals surface area contributed by atoms with E-state index in [0.717, 1.165) is 11.3 Å². The molecule has 150 valence electrons. The van der Waals surface area contributed by atoms with Gasteiger partial charge in [-0.2, -0.15) is 10.2 Å². The Kier molecular flexibility index (Phi) is 6.47. The molecule has 0 spiro atoms. The monoisotopic (exact) mass is 394 g/mol. The van der Waals surface area contributed by atoms with Crippen molar-refractivity contribution in [2.75, 3.05) is 13.2 Å². The first kappa shape index (κ1) is 19.9. The van der Waals surface area contributed by atoms with Crippen LogP contribution in [0.2, 0.25) is 0 Å². The van der Waals surface area contributed by atoms with E-state index >= 15 is 0 Å². The normalized spacial score (nSPS) is 10.8. The molecule has 0 unspecified atom stereocenters. The highest BCUT2D eigenvalue weighted by Gasteiger charge is 2.11. The van der Waals surface area contributed by atoms with Crippen LogP contribution in [-0.4, -0.2) is 40.6 Å². The van der Waals surface area contributed by atoms with E-state index in [1.807, 2.05) is 38.1 Å². The Morgan fingerprint density at radius 3 is 2.66 bits per heavy atom. The van der Waals surface area contributed by atoms with Crippen LogP contribution in [0.25, 0.3) is 11.3 Å². The van der Waals surface area contributed by atoms with E-state index in [0.29, 0.717) is 30.2 Å². The molecular formula is C21H22N4O4. The standard InChI is InChI=1S/C21H22N4O4/c1-3-28-16-10-8-14(9-11-16)17-12-18(24-23-17)21(27)25-22-13-15-6-5-7-19(20(15)26)29-4-2/h5-13,26H,3-4H2,1-2H3,(H,23,24)(H,25,27)/b22-13+. The number of aromatic amines is 1. The molecule has 0 bridgehead atoms. The number of hydrogen-bond acceptors (Lipinski definition) is 6. The van der Waals surface area contributed by atoms with Gasteiger partial charge in [0, 0.05) is 11.1 Å². The van der Waals surface area contributed by atoms with Gasteiger partial charge < -0.3 is 14.6 Å². The maximum Gasteiger partial charge on any atom is 0.289 e. The van der Waals surface area contributed by atoms with E-state index in [1.165, 1.54) is 6.21 Å². The third kappa shape index (κ3) is 4.92. The van der Waals surface area contributed by atoms with E-state index in [1.54, 1.807) is 24.3 Å². The van der Waals surface area contributed by atoms with Crippen molar-refractivity contribution in [1.82, 2.24) is 15.6 Å². The number of aromatic hydroxyl groups is 1. The summed E-state index contributed by atoms with van der Waals surface area (Å²) >= 11 is 0. The molecule has 3 rings (SSSR count). The summed E-state index contributed by atoms with van der Waals surface area (Å²) in [5.41, 5.74) is 4.57. The molecule has 0 saturated carbocycles. The predicted molar refractivity (Wildman–Crippen MR) is 110 cm³/mol. The van der Waals surface area contributed by atoms with Gasteiger partial charge in [0.2, 0.25) is 0 Å². The number of para-hydroxylation sites is 1. The van der Waals surface area contributed by atoms with E-state index in [9.17, 15) is 9.90 Å². The number of ether oxygens (including phenoxy) is 2. The van der Waals surface area contributed by atoms with Crippen LogP contribution >= 0.6 is 0 Å². The SMILES string of the molecule is CCOc1ccc(-c2cc(C(=O)N/N=C/c3cccc(OCC)c3O)[nH]n2)cc1. The molecular weight excluding hydrogens is 372 g/mol. The minimum absolute atomic E-state index is 0.0355. The second kappa shape index (κ2) is 9.41. The number of H-pyrrole nitrogens is 1. The first-order valence-corrected chi connectivity index (χ1v) is 9.19. The van der Waals surface area contributed by atoms with Crippen LogP contribution in [0.5, 0.6) is 17.2 Å². The number of hydrazone groups is 1. The number of aromatic nitrogens is 2. The molecule has 0 radical (unpaired) electrons. The smallest absolute Gasteiger partial charge is 0.289 e. The molecule has 0 saturated heterocycles. The third-order valence-corrected chi connectivity index (χ3v) is 3.98. The quantitative estimate of drug-likeness (QED) is 0.401. The summed E-state index contributed by atoms with van der Waals surface area (Å²) in [4.78, 5) is 12.3. The number of carbonyl (C=O) groups excluding carboxylic acids is 1. The number of benzene rings is 2. The Morgan fingerprint density at radius 2 is 1.93 bits per heavy atom. The summed E-state index contributed by atoms with van der Waals surface area (Å²) in [6.45, 7) is 4.78. The highest BCUT2D eigenvalue weighted by Crippen LogP contribution is 2.28. The fourth-order valence-electron chi connectivity index (χ4n) is 2.61. The van der Waals surface area contributed by atoms with Gasteiger partial charge in [0.1, 0.15) is 11.4 Å². The molecule has 1 amide bonds. The van der Waals surface area contributed by atoms with E-state index in [2.05, 4.69) is 20.7 Å². The van der Waals surface area contributed by atoms with Crippen molar-refractivity contribution < 1.29 is 19.4 Å². The maximum atomic E-state index is 12.3. The van der Waals surface area contributed by atoms with Crippen LogP contribution in [-0.2, 0) is 0 Å². The molecule has 3 N–H and O–H groups in total. The summed E-state index contributed by atoms with van der Waals surface area (Å²) in [5.74, 6) is 0.644. The van der Waals surface area contributed by atoms with Crippen molar-refractivity contribution in [2.45, 2.75) is 13.8 Å². The summed E-state index contributed by atoms with van der Waals surface area (Å²) in [5, 5.41) is 20.9. The molecule has 29 heavy (non-hydrogen) atoms. The van der Waals surface area contributed by atoms with Crippen molar-refractivity contribution >= 4 is 12.1 Å². The van der Waals surface area contributed by atoms with Gasteiger partial charge in [0.05, 0.1) is 25.1 Å². The van der Waals surface area contributed by atoms with Crippen LogP contribution in [0, 0.1) is 0 Å². The van der Waals surface area contributed by atoms with Crippen molar-refractivity contribution in [3.63, 3.8) is 0 Å². The summed E-state index contributed by atoms with van der Waals surface area (Å²) in [6.07, 6.45) is 1.35. The molecule has 0 atom stereocenters. The van der Waals surface area contributed by atoms with Gasteiger partial charge in [-0.15, -0.1) is 0 Å². The first-order chi connectivity index (χ1) is 14.1. The zero-order chi connectivity index (χ0) is 20.6. The van der Waals surface area contributed by atoms with E-state index in [-0.39, 0.29) is 11.4 Å². The number of nitrogens with one attached hydrogen (secondary N) is 2. The zero-order valence-electron chi connectivity index (χ0n) is 16.2. The van der Waals surface area contributed by atoms with Crippen LogP contribution in [0.15, 0.2) is 53.6 Å². The molecule has 1 aromatic heterocycles. The topological polar surface area (TPSA) is 109 Å². The number of phenolic OH excluding ortho intramolecular Hbond substituents is 1. The van der Waals surface area contributed by atoms with Gasteiger partial charge in [-0.25, -0.2) is 5.43 Å². The molecule has 0 fully saturated rings. The Balaban J connectivity index is 1.65. The van der Waals surface area contributed by atoms with Gasteiger partial charge in [0.25, 0.3) is 5.91 Å². The van der Waals surface area contributed by atoms with E-state index in [4.69, 9.17) is 9.47 Å². The van der Waals surface area contributed by atoms with Crippen LogP contribution in [0.4, 0.5) is 0 Å².